The van der Waals surface area contributed by atoms with Crippen molar-refractivity contribution < 1.29 is 4.74 Å². The van der Waals surface area contributed by atoms with E-state index in [2.05, 4.69) is 10.4 Å². The van der Waals surface area contributed by atoms with Gasteiger partial charge in [0.2, 0.25) is 5.88 Å². The van der Waals surface area contributed by atoms with Gasteiger partial charge in [-0.15, -0.1) is 0 Å². The monoisotopic (exact) mass is 224 g/mol. The summed E-state index contributed by atoms with van der Waals surface area (Å²) in [5.41, 5.74) is 7.91. The van der Waals surface area contributed by atoms with Gasteiger partial charge in [0.1, 0.15) is 0 Å². The molecule has 0 aliphatic heterocycles. The Morgan fingerprint density at radius 1 is 1.62 bits per heavy atom. The van der Waals surface area contributed by atoms with E-state index in [-0.39, 0.29) is 6.04 Å². The van der Waals surface area contributed by atoms with Crippen LogP contribution in [0.3, 0.4) is 0 Å². The lowest BCUT2D eigenvalue weighted by molar-refractivity contribution is 0.362. The minimum Gasteiger partial charge on any atom is -0.481 e. The molecule has 1 aliphatic rings. The smallest absolute Gasteiger partial charge is 0.216 e. The van der Waals surface area contributed by atoms with Gasteiger partial charge < -0.3 is 15.8 Å². The van der Waals surface area contributed by atoms with Gasteiger partial charge in [0, 0.05) is 19.6 Å². The molecule has 0 aromatic carbocycles. The Hall–Kier alpha value is -1.07. The Bertz CT molecular complexity index is 370. The Morgan fingerprint density at radius 2 is 2.31 bits per heavy atom. The summed E-state index contributed by atoms with van der Waals surface area (Å²) in [6.07, 6.45) is 2.50. The van der Waals surface area contributed by atoms with Crippen LogP contribution in [0.25, 0.3) is 0 Å². The summed E-state index contributed by atoms with van der Waals surface area (Å²) in [4.78, 5) is 0. The first-order valence-corrected chi connectivity index (χ1v) is 5.71. The second kappa shape index (κ2) is 4.43. The number of aryl methyl sites for hydroxylation is 2. The quantitative estimate of drug-likeness (QED) is 0.764. The van der Waals surface area contributed by atoms with E-state index in [1.165, 1.54) is 12.8 Å². The molecule has 5 heteroatoms. The zero-order valence-electron chi connectivity index (χ0n) is 10.2. The lowest BCUT2D eigenvalue weighted by Gasteiger charge is -2.17. The minimum atomic E-state index is 0.149. The molecule has 0 saturated heterocycles. The third-order valence-electron chi connectivity index (χ3n) is 3.01. The fourth-order valence-electron chi connectivity index (χ4n) is 2.10. The van der Waals surface area contributed by atoms with Gasteiger partial charge >= 0.3 is 0 Å². The summed E-state index contributed by atoms with van der Waals surface area (Å²) in [5.74, 6) is 0.807. The number of ether oxygens (including phenoxy) is 1. The van der Waals surface area contributed by atoms with Gasteiger partial charge in [0.25, 0.3) is 0 Å². The number of hydrogen-bond donors (Lipinski definition) is 2. The Kier molecular flexibility index (Phi) is 3.16. The van der Waals surface area contributed by atoms with Crippen molar-refractivity contribution in [3.8, 4) is 5.88 Å². The summed E-state index contributed by atoms with van der Waals surface area (Å²) < 4.78 is 7.15. The molecule has 1 heterocycles. The summed E-state index contributed by atoms with van der Waals surface area (Å²) >= 11 is 0. The maximum absolute atomic E-state index is 5.83. The molecule has 1 fully saturated rings. The van der Waals surface area contributed by atoms with Gasteiger partial charge in [-0.3, -0.25) is 0 Å². The standard InChI is InChI=1S/C11H20N4O/c1-7-10(11(16-3)15(2)14-7)9(6-12)13-8-4-5-8/h8-9,13H,4-6,12H2,1-3H3. The number of nitrogens with one attached hydrogen (secondary N) is 1. The molecule has 1 saturated carbocycles. The molecule has 1 atom stereocenters. The summed E-state index contributed by atoms with van der Waals surface area (Å²) in [6.45, 7) is 2.56. The van der Waals surface area contributed by atoms with Crippen molar-refractivity contribution in [1.82, 2.24) is 15.1 Å². The van der Waals surface area contributed by atoms with Crippen molar-refractivity contribution in [3.63, 3.8) is 0 Å². The molecule has 1 aromatic rings. The molecule has 0 bridgehead atoms. The largest absolute Gasteiger partial charge is 0.481 e. The second-order valence-electron chi connectivity index (χ2n) is 4.36. The van der Waals surface area contributed by atoms with Crippen LogP contribution in [0.1, 0.15) is 30.1 Å². The highest BCUT2D eigenvalue weighted by molar-refractivity contribution is 5.34. The van der Waals surface area contributed by atoms with Crippen LogP contribution in [0.4, 0.5) is 0 Å². The van der Waals surface area contributed by atoms with Crippen LogP contribution < -0.4 is 15.8 Å². The van der Waals surface area contributed by atoms with Crippen LogP contribution in [0.5, 0.6) is 5.88 Å². The predicted octanol–water partition coefficient (Wildman–Crippen LogP) is 0.489. The van der Waals surface area contributed by atoms with Crippen molar-refractivity contribution in [2.24, 2.45) is 12.8 Å². The molecular weight excluding hydrogens is 204 g/mol. The summed E-state index contributed by atoms with van der Waals surface area (Å²) in [6, 6.07) is 0.772. The molecule has 0 radical (unpaired) electrons. The van der Waals surface area contributed by atoms with E-state index in [1.807, 2.05) is 14.0 Å². The molecule has 2 rings (SSSR count). The molecule has 5 nitrogen and oxygen atoms in total. The molecular formula is C11H20N4O. The Labute approximate surface area is 96.0 Å². The van der Waals surface area contributed by atoms with Gasteiger partial charge in [0.15, 0.2) is 0 Å². The van der Waals surface area contributed by atoms with E-state index in [1.54, 1.807) is 11.8 Å². The number of nitrogens with zero attached hydrogens (tertiary/aromatic N) is 2. The van der Waals surface area contributed by atoms with Gasteiger partial charge in [-0.1, -0.05) is 0 Å². The minimum absolute atomic E-state index is 0.149. The first-order valence-electron chi connectivity index (χ1n) is 5.71. The van der Waals surface area contributed by atoms with Crippen molar-refractivity contribution >= 4 is 0 Å². The molecule has 1 aliphatic carbocycles. The van der Waals surface area contributed by atoms with Crippen LogP contribution >= 0.6 is 0 Å². The van der Waals surface area contributed by atoms with Gasteiger partial charge in [0.05, 0.1) is 24.4 Å². The van der Waals surface area contributed by atoms with Crippen molar-refractivity contribution in [2.45, 2.75) is 31.8 Å². The first kappa shape index (κ1) is 11.4. The molecule has 16 heavy (non-hydrogen) atoms. The average molecular weight is 224 g/mol. The fraction of sp³-hybridized carbons (Fsp3) is 0.727. The highest BCUT2D eigenvalue weighted by atomic mass is 16.5. The van der Waals surface area contributed by atoms with Crippen LogP contribution in [-0.4, -0.2) is 29.5 Å². The number of hydrogen-bond acceptors (Lipinski definition) is 4. The van der Waals surface area contributed by atoms with E-state index in [0.717, 1.165) is 17.1 Å². The van der Waals surface area contributed by atoms with E-state index in [9.17, 15) is 0 Å². The summed E-state index contributed by atoms with van der Waals surface area (Å²) in [7, 11) is 3.56. The highest BCUT2D eigenvalue weighted by Crippen LogP contribution is 2.30. The molecule has 1 unspecified atom stereocenters. The first-order chi connectivity index (χ1) is 7.67. The van der Waals surface area contributed by atoms with Crippen LogP contribution in [0, 0.1) is 6.92 Å². The third kappa shape index (κ3) is 2.05. The van der Waals surface area contributed by atoms with E-state index < -0.39 is 0 Å². The molecule has 0 amide bonds. The second-order valence-corrected chi connectivity index (χ2v) is 4.36. The van der Waals surface area contributed by atoms with Crippen molar-refractivity contribution in [2.75, 3.05) is 13.7 Å². The lowest BCUT2D eigenvalue weighted by atomic mass is 10.1. The van der Waals surface area contributed by atoms with Crippen LogP contribution in [0.15, 0.2) is 0 Å². The van der Waals surface area contributed by atoms with E-state index >= 15 is 0 Å². The molecule has 3 N–H and O–H groups in total. The molecule has 1 aromatic heterocycles. The highest BCUT2D eigenvalue weighted by Gasteiger charge is 2.28. The lowest BCUT2D eigenvalue weighted by Crippen LogP contribution is -2.30. The maximum Gasteiger partial charge on any atom is 0.216 e. The average Bonchev–Trinajstić information content (AvgIpc) is 3.01. The number of nitrogens with two attached hydrogens (primary N) is 1. The fourth-order valence-corrected chi connectivity index (χ4v) is 2.10. The van der Waals surface area contributed by atoms with Crippen molar-refractivity contribution in [1.29, 1.82) is 0 Å². The zero-order chi connectivity index (χ0) is 11.7. The van der Waals surface area contributed by atoms with Gasteiger partial charge in [-0.2, -0.15) is 5.10 Å². The summed E-state index contributed by atoms with van der Waals surface area (Å²) in [5, 5.41) is 7.90. The van der Waals surface area contributed by atoms with Crippen LogP contribution in [0.2, 0.25) is 0 Å². The maximum atomic E-state index is 5.83. The van der Waals surface area contributed by atoms with Gasteiger partial charge in [-0.25, -0.2) is 4.68 Å². The molecule has 0 spiro atoms. The van der Waals surface area contributed by atoms with E-state index in [0.29, 0.717) is 12.6 Å². The number of rotatable bonds is 5. The Morgan fingerprint density at radius 3 is 2.81 bits per heavy atom. The van der Waals surface area contributed by atoms with Crippen LogP contribution in [-0.2, 0) is 7.05 Å². The predicted molar refractivity (Wildman–Crippen MR) is 62.5 cm³/mol. The van der Waals surface area contributed by atoms with Crippen molar-refractivity contribution in [3.05, 3.63) is 11.3 Å². The molecule has 90 valence electrons. The Balaban J connectivity index is 2.27. The SMILES string of the molecule is COc1c(C(CN)NC2CC2)c(C)nn1C. The topological polar surface area (TPSA) is 65.1 Å². The number of methoxy groups -OCH3 is 1. The van der Waals surface area contributed by atoms with Gasteiger partial charge in [-0.05, 0) is 19.8 Å². The number of aromatic nitrogens is 2. The third-order valence-corrected chi connectivity index (χ3v) is 3.01. The zero-order valence-corrected chi connectivity index (χ0v) is 10.2. The van der Waals surface area contributed by atoms with E-state index in [4.69, 9.17) is 10.5 Å². The normalized spacial score (nSPS) is 17.5.